The van der Waals surface area contributed by atoms with E-state index in [1.54, 1.807) is 6.07 Å². The van der Waals surface area contributed by atoms with Crippen molar-refractivity contribution in [2.45, 2.75) is 6.11 Å². The first-order valence-corrected chi connectivity index (χ1v) is 4.95. The number of halogens is 4. The van der Waals surface area contributed by atoms with E-state index < -0.39 is 12.7 Å². The molecular weight excluding hydrogens is 279 g/mol. The normalized spacial score (nSPS) is 18.0. The number of hydrogen-bond acceptors (Lipinski definition) is 2. The lowest BCUT2D eigenvalue weighted by Crippen LogP contribution is -2.37. The number of anilines is 1. The van der Waals surface area contributed by atoms with Crippen molar-refractivity contribution in [3.63, 3.8) is 0 Å². The topological polar surface area (TPSA) is 21.3 Å². The van der Waals surface area contributed by atoms with Crippen LogP contribution in [0.2, 0.25) is 5.02 Å². The first-order chi connectivity index (χ1) is 6.48. The molecule has 1 aromatic carbocycles. The second-order valence-electron chi connectivity index (χ2n) is 2.86. The minimum Gasteiger partial charge on any atom is -0.429 e. The van der Waals surface area contributed by atoms with E-state index in [2.05, 4.69) is 26.0 Å². The molecule has 2 nitrogen and oxygen atoms in total. The minimum atomic E-state index is -3.18. The van der Waals surface area contributed by atoms with Gasteiger partial charge < -0.3 is 10.1 Å². The number of rotatable bonds is 0. The molecule has 0 spiro atoms. The number of ether oxygens (including phenoxy) is 1. The Kier molecular flexibility index (Phi) is 2.31. The molecule has 0 aliphatic carbocycles. The van der Waals surface area contributed by atoms with Crippen LogP contribution in [-0.4, -0.2) is 12.7 Å². The van der Waals surface area contributed by atoms with Crippen molar-refractivity contribution in [1.82, 2.24) is 0 Å². The maximum Gasteiger partial charge on any atom is 0.415 e. The van der Waals surface area contributed by atoms with Crippen molar-refractivity contribution in [3.8, 4) is 5.75 Å². The summed E-state index contributed by atoms with van der Waals surface area (Å²) in [5, 5.41) is 2.89. The summed E-state index contributed by atoms with van der Waals surface area (Å²) in [4.78, 5) is 0. The average Bonchev–Trinajstić information content (AvgIpc) is 2.07. The molecule has 2 rings (SSSR count). The van der Waals surface area contributed by atoms with Crippen molar-refractivity contribution in [1.29, 1.82) is 0 Å². The lowest BCUT2D eigenvalue weighted by molar-refractivity contribution is -0.166. The second-order valence-corrected chi connectivity index (χ2v) is 4.12. The van der Waals surface area contributed by atoms with Gasteiger partial charge in [0.25, 0.3) is 0 Å². The molecule has 0 radical (unpaired) electrons. The molecule has 14 heavy (non-hydrogen) atoms. The van der Waals surface area contributed by atoms with Crippen LogP contribution in [0.25, 0.3) is 0 Å². The number of nitrogens with one attached hydrogen (secondary N) is 1. The molecule has 0 fully saturated rings. The SMILES string of the molecule is FC1(F)CNc2cc(Br)c(Cl)cc2O1. The highest BCUT2D eigenvalue weighted by Crippen LogP contribution is 2.39. The molecule has 0 unspecified atom stereocenters. The summed E-state index contributed by atoms with van der Waals surface area (Å²) in [6.45, 7) is -0.534. The molecule has 1 aromatic rings. The van der Waals surface area contributed by atoms with Gasteiger partial charge in [-0.3, -0.25) is 0 Å². The molecule has 0 saturated heterocycles. The number of benzene rings is 1. The molecule has 1 heterocycles. The quantitative estimate of drug-likeness (QED) is 0.787. The third-order valence-electron chi connectivity index (χ3n) is 1.77. The predicted molar refractivity (Wildman–Crippen MR) is 53.2 cm³/mol. The van der Waals surface area contributed by atoms with Gasteiger partial charge in [0.1, 0.15) is 6.54 Å². The van der Waals surface area contributed by atoms with E-state index in [-0.39, 0.29) is 5.75 Å². The van der Waals surface area contributed by atoms with E-state index in [1.165, 1.54) is 6.07 Å². The van der Waals surface area contributed by atoms with Crippen LogP contribution in [0.5, 0.6) is 5.75 Å². The number of hydrogen-bond donors (Lipinski definition) is 1. The maximum atomic E-state index is 12.8. The average molecular weight is 284 g/mol. The fraction of sp³-hybridized carbons (Fsp3) is 0.250. The highest BCUT2D eigenvalue weighted by atomic mass is 79.9. The third kappa shape index (κ3) is 1.79. The Bertz CT molecular complexity index is 386. The third-order valence-corrected chi connectivity index (χ3v) is 2.96. The van der Waals surface area contributed by atoms with Gasteiger partial charge in [0.15, 0.2) is 5.75 Å². The molecule has 0 amide bonds. The number of fused-ring (bicyclic) bond motifs is 1. The summed E-state index contributed by atoms with van der Waals surface area (Å²) in [5.41, 5.74) is 0.507. The van der Waals surface area contributed by atoms with Gasteiger partial charge >= 0.3 is 6.11 Å². The van der Waals surface area contributed by atoms with Crippen molar-refractivity contribution < 1.29 is 13.5 Å². The Morgan fingerprint density at radius 1 is 1.50 bits per heavy atom. The predicted octanol–water partition coefficient (Wildman–Crippen LogP) is 3.50. The van der Waals surface area contributed by atoms with Crippen LogP contribution in [0, 0.1) is 0 Å². The zero-order valence-electron chi connectivity index (χ0n) is 6.78. The molecule has 76 valence electrons. The summed E-state index contributed by atoms with van der Waals surface area (Å²) in [5.74, 6) is 0.0643. The highest BCUT2D eigenvalue weighted by molar-refractivity contribution is 9.10. The largest absolute Gasteiger partial charge is 0.429 e. The van der Waals surface area contributed by atoms with E-state index in [9.17, 15) is 8.78 Å². The van der Waals surface area contributed by atoms with E-state index in [0.717, 1.165) is 0 Å². The van der Waals surface area contributed by atoms with Gasteiger partial charge in [-0.15, -0.1) is 0 Å². The van der Waals surface area contributed by atoms with Crippen molar-refractivity contribution in [2.75, 3.05) is 11.9 Å². The van der Waals surface area contributed by atoms with Gasteiger partial charge in [-0.25, -0.2) is 0 Å². The Morgan fingerprint density at radius 2 is 2.21 bits per heavy atom. The highest BCUT2D eigenvalue weighted by Gasteiger charge is 2.36. The summed E-state index contributed by atoms with van der Waals surface area (Å²) in [6.07, 6.45) is -3.18. The van der Waals surface area contributed by atoms with Crippen LogP contribution >= 0.6 is 27.5 Å². The molecule has 0 aromatic heterocycles. The van der Waals surface area contributed by atoms with Crippen LogP contribution < -0.4 is 10.1 Å². The smallest absolute Gasteiger partial charge is 0.415 e. The van der Waals surface area contributed by atoms with Gasteiger partial charge in [0, 0.05) is 10.5 Å². The monoisotopic (exact) mass is 283 g/mol. The van der Waals surface area contributed by atoms with Crippen LogP contribution in [0.15, 0.2) is 16.6 Å². The fourth-order valence-electron chi connectivity index (χ4n) is 1.15. The Balaban J connectivity index is 2.43. The molecule has 0 saturated carbocycles. The van der Waals surface area contributed by atoms with Crippen molar-refractivity contribution in [3.05, 3.63) is 21.6 Å². The number of alkyl halides is 2. The van der Waals surface area contributed by atoms with Crippen molar-refractivity contribution in [2.24, 2.45) is 0 Å². The first kappa shape index (κ1) is 9.98. The van der Waals surface area contributed by atoms with Gasteiger partial charge in [-0.1, -0.05) is 11.6 Å². The minimum absolute atomic E-state index is 0.0643. The molecule has 6 heteroatoms. The lowest BCUT2D eigenvalue weighted by atomic mass is 10.2. The summed E-state index contributed by atoms with van der Waals surface area (Å²) < 4.78 is 30.6. The van der Waals surface area contributed by atoms with Crippen LogP contribution in [0.3, 0.4) is 0 Å². The molecule has 0 bridgehead atoms. The van der Waals surface area contributed by atoms with Gasteiger partial charge in [-0.05, 0) is 22.0 Å². The van der Waals surface area contributed by atoms with E-state index in [1.807, 2.05) is 0 Å². The van der Waals surface area contributed by atoms with E-state index in [4.69, 9.17) is 11.6 Å². The molecule has 1 aliphatic rings. The van der Waals surface area contributed by atoms with E-state index in [0.29, 0.717) is 15.2 Å². The van der Waals surface area contributed by atoms with E-state index >= 15 is 0 Å². The van der Waals surface area contributed by atoms with Gasteiger partial charge in [0.05, 0.1) is 10.7 Å². The van der Waals surface area contributed by atoms with Gasteiger partial charge in [-0.2, -0.15) is 8.78 Å². The molecule has 0 atom stereocenters. The standard InChI is InChI=1S/C8H5BrClF2NO/c9-4-1-6-7(2-5(4)10)14-8(11,12)3-13-6/h1-2,13H,3H2. The fourth-order valence-corrected chi connectivity index (χ4v) is 1.64. The summed E-state index contributed by atoms with van der Waals surface area (Å²) in [7, 11) is 0. The Hall–Kier alpha value is -0.550. The molecular formula is C8H5BrClF2NO. The summed E-state index contributed by atoms with van der Waals surface area (Å²) in [6, 6.07) is 2.95. The molecule has 1 N–H and O–H groups in total. The molecule has 1 aliphatic heterocycles. The lowest BCUT2D eigenvalue weighted by Gasteiger charge is -2.26. The van der Waals surface area contributed by atoms with Crippen LogP contribution in [0.4, 0.5) is 14.5 Å². The Labute approximate surface area is 92.3 Å². The maximum absolute atomic E-state index is 12.8. The zero-order chi connectivity index (χ0) is 10.3. The summed E-state index contributed by atoms with van der Waals surface area (Å²) >= 11 is 8.93. The van der Waals surface area contributed by atoms with Crippen molar-refractivity contribution >= 4 is 33.2 Å². The second kappa shape index (κ2) is 3.24. The van der Waals surface area contributed by atoms with Gasteiger partial charge in [0.2, 0.25) is 0 Å². The first-order valence-electron chi connectivity index (χ1n) is 3.78. The zero-order valence-corrected chi connectivity index (χ0v) is 9.12. The van der Waals surface area contributed by atoms with Crippen LogP contribution in [0.1, 0.15) is 0 Å². The van der Waals surface area contributed by atoms with Crippen LogP contribution in [-0.2, 0) is 0 Å². The Morgan fingerprint density at radius 3 is 2.93 bits per heavy atom.